The number of aliphatic hydroxyl groups is 1. The van der Waals surface area contributed by atoms with Crippen molar-refractivity contribution < 1.29 is 19.5 Å². The lowest BCUT2D eigenvalue weighted by Crippen LogP contribution is -3.16. The van der Waals surface area contributed by atoms with Crippen molar-refractivity contribution in [2.45, 2.75) is 32.3 Å². The number of hydrogen-bond donors (Lipinski definition) is 2. The molecule has 1 aliphatic rings. The molecule has 0 bridgehead atoms. The summed E-state index contributed by atoms with van der Waals surface area (Å²) in [6.45, 7) is 11.5. The average molecular weight is 400 g/mol. The molecule has 1 atom stereocenters. The molecule has 2 aromatic rings. The molecule has 5 nitrogen and oxygen atoms in total. The van der Waals surface area contributed by atoms with Crippen molar-refractivity contribution in [3.63, 3.8) is 0 Å². The van der Waals surface area contributed by atoms with Gasteiger partial charge in [0.2, 0.25) is 0 Å². The summed E-state index contributed by atoms with van der Waals surface area (Å²) in [4.78, 5) is 3.78. The van der Waals surface area contributed by atoms with E-state index in [1.165, 1.54) is 10.5 Å². The largest absolute Gasteiger partial charge is 0.495 e. The van der Waals surface area contributed by atoms with Crippen molar-refractivity contribution in [2.75, 3.05) is 51.3 Å². The first-order valence-corrected chi connectivity index (χ1v) is 10.5. The molecule has 0 amide bonds. The molecule has 5 heteroatoms. The second-order valence-electron chi connectivity index (χ2n) is 8.82. The maximum Gasteiger partial charge on any atom is 0.142 e. The number of quaternary nitrogens is 1. The first kappa shape index (κ1) is 21.5. The first-order chi connectivity index (χ1) is 13.9. The predicted octanol–water partition coefficient (Wildman–Crippen LogP) is 2.14. The Morgan fingerprint density at radius 1 is 1.00 bits per heavy atom. The minimum atomic E-state index is -0.476. The summed E-state index contributed by atoms with van der Waals surface area (Å²) >= 11 is 0. The van der Waals surface area contributed by atoms with Gasteiger partial charge in [-0.25, -0.2) is 0 Å². The number of piperazine rings is 1. The lowest BCUT2D eigenvalue weighted by atomic mass is 9.86. The van der Waals surface area contributed by atoms with Gasteiger partial charge in [-0.3, -0.25) is 0 Å². The summed E-state index contributed by atoms with van der Waals surface area (Å²) in [5.74, 6) is 1.79. The van der Waals surface area contributed by atoms with Gasteiger partial charge in [-0.1, -0.05) is 51.1 Å². The van der Waals surface area contributed by atoms with Crippen molar-refractivity contribution in [1.29, 1.82) is 0 Å². The van der Waals surface area contributed by atoms with Crippen molar-refractivity contribution in [1.82, 2.24) is 0 Å². The van der Waals surface area contributed by atoms with E-state index in [9.17, 15) is 5.11 Å². The maximum atomic E-state index is 10.5. The van der Waals surface area contributed by atoms with Crippen molar-refractivity contribution >= 4 is 5.69 Å². The monoisotopic (exact) mass is 399 g/mol. The second-order valence-corrected chi connectivity index (χ2v) is 8.82. The number of nitrogens with one attached hydrogen (secondary N) is 1. The maximum absolute atomic E-state index is 10.5. The van der Waals surface area contributed by atoms with Crippen LogP contribution in [0.5, 0.6) is 11.5 Å². The zero-order chi connectivity index (χ0) is 20.9. The van der Waals surface area contributed by atoms with Crippen LogP contribution in [-0.4, -0.2) is 57.7 Å². The summed E-state index contributed by atoms with van der Waals surface area (Å²) < 4.78 is 11.5. The van der Waals surface area contributed by atoms with E-state index in [2.05, 4.69) is 37.8 Å². The lowest BCUT2D eigenvalue weighted by Gasteiger charge is -2.35. The highest BCUT2D eigenvalue weighted by Gasteiger charge is 2.25. The standard InChI is InChI=1S/C24H34N2O3/c1-24(2,3)20-9-5-7-11-22(20)29-18-19(27)17-25-13-15-26(16-14-25)21-10-6-8-12-23(21)28-4/h5-12,19,27H,13-18H2,1-4H3/p+1/t19-/m0/s1. The first-order valence-electron chi connectivity index (χ1n) is 10.5. The van der Waals surface area contributed by atoms with Gasteiger partial charge in [-0.05, 0) is 29.2 Å². The number of ether oxygens (including phenoxy) is 2. The molecular weight excluding hydrogens is 364 g/mol. The van der Waals surface area contributed by atoms with E-state index in [0.717, 1.165) is 43.4 Å². The van der Waals surface area contributed by atoms with Crippen molar-refractivity contribution in [2.24, 2.45) is 0 Å². The summed E-state index contributed by atoms with van der Waals surface area (Å²) in [6, 6.07) is 16.3. The van der Waals surface area contributed by atoms with Gasteiger partial charge in [-0.2, -0.15) is 0 Å². The zero-order valence-corrected chi connectivity index (χ0v) is 18.1. The van der Waals surface area contributed by atoms with Crippen LogP contribution < -0.4 is 19.3 Å². The van der Waals surface area contributed by atoms with Crippen LogP contribution in [0.2, 0.25) is 0 Å². The van der Waals surface area contributed by atoms with E-state index in [-0.39, 0.29) is 5.41 Å². The fourth-order valence-corrected chi connectivity index (χ4v) is 3.95. The number of methoxy groups -OCH3 is 1. The van der Waals surface area contributed by atoms with Crippen LogP contribution in [0.15, 0.2) is 48.5 Å². The van der Waals surface area contributed by atoms with Gasteiger partial charge in [0, 0.05) is 0 Å². The smallest absolute Gasteiger partial charge is 0.142 e. The highest BCUT2D eigenvalue weighted by atomic mass is 16.5. The summed E-state index contributed by atoms with van der Waals surface area (Å²) in [5.41, 5.74) is 2.34. The highest BCUT2D eigenvalue weighted by molar-refractivity contribution is 5.58. The van der Waals surface area contributed by atoms with E-state index >= 15 is 0 Å². The van der Waals surface area contributed by atoms with Crippen LogP contribution in [-0.2, 0) is 5.41 Å². The number of hydrogen-bond acceptors (Lipinski definition) is 4. The number of nitrogens with zero attached hydrogens (tertiary/aromatic N) is 1. The van der Waals surface area contributed by atoms with E-state index in [0.29, 0.717) is 13.2 Å². The molecule has 1 heterocycles. The van der Waals surface area contributed by atoms with Gasteiger partial charge < -0.3 is 24.4 Å². The molecule has 0 spiro atoms. The molecule has 1 aliphatic heterocycles. The quantitative estimate of drug-likeness (QED) is 0.749. The SMILES string of the molecule is COc1ccccc1N1CC[NH+](C[C@H](O)COc2ccccc2C(C)(C)C)CC1. The average Bonchev–Trinajstić information content (AvgIpc) is 2.72. The fraction of sp³-hybridized carbons (Fsp3) is 0.500. The van der Waals surface area contributed by atoms with E-state index < -0.39 is 6.10 Å². The normalized spacial score (nSPS) is 16.5. The third kappa shape index (κ3) is 5.64. The van der Waals surface area contributed by atoms with Crippen LogP contribution in [0.4, 0.5) is 5.69 Å². The lowest BCUT2D eigenvalue weighted by molar-refractivity contribution is -0.903. The Balaban J connectivity index is 1.49. The van der Waals surface area contributed by atoms with Gasteiger partial charge >= 0.3 is 0 Å². The topological polar surface area (TPSA) is 46.4 Å². The Hall–Kier alpha value is -2.24. The van der Waals surface area contributed by atoms with Crippen LogP contribution in [0.3, 0.4) is 0 Å². The van der Waals surface area contributed by atoms with Crippen molar-refractivity contribution in [3.8, 4) is 11.5 Å². The molecule has 1 fully saturated rings. The number of para-hydroxylation sites is 3. The van der Waals surface area contributed by atoms with E-state index in [1.54, 1.807) is 7.11 Å². The molecule has 0 radical (unpaired) electrons. The van der Waals surface area contributed by atoms with Gasteiger partial charge in [0.1, 0.15) is 30.8 Å². The van der Waals surface area contributed by atoms with Gasteiger partial charge in [0.15, 0.2) is 0 Å². The number of anilines is 1. The Morgan fingerprint density at radius 3 is 2.28 bits per heavy atom. The van der Waals surface area contributed by atoms with Crippen LogP contribution in [0.25, 0.3) is 0 Å². The Morgan fingerprint density at radius 2 is 1.62 bits per heavy atom. The zero-order valence-electron chi connectivity index (χ0n) is 18.1. The number of aliphatic hydroxyl groups excluding tert-OH is 1. The highest BCUT2D eigenvalue weighted by Crippen LogP contribution is 2.31. The molecule has 0 saturated carbocycles. The summed E-state index contributed by atoms with van der Waals surface area (Å²) in [5, 5.41) is 10.5. The molecule has 2 aromatic carbocycles. The molecule has 0 aromatic heterocycles. The number of rotatable bonds is 7. The summed E-state index contributed by atoms with van der Waals surface area (Å²) in [7, 11) is 1.72. The Bertz CT molecular complexity index is 780. The van der Waals surface area contributed by atoms with Gasteiger partial charge in [0.05, 0.1) is 39.0 Å². The third-order valence-corrected chi connectivity index (χ3v) is 5.55. The Kier molecular flexibility index (Phi) is 7.04. The van der Waals surface area contributed by atoms with Gasteiger partial charge in [0.25, 0.3) is 0 Å². The third-order valence-electron chi connectivity index (χ3n) is 5.55. The number of benzene rings is 2. The second kappa shape index (κ2) is 9.51. The molecule has 158 valence electrons. The summed E-state index contributed by atoms with van der Waals surface area (Å²) in [6.07, 6.45) is -0.476. The molecule has 1 saturated heterocycles. The van der Waals surface area contributed by atoms with E-state index in [4.69, 9.17) is 9.47 Å². The van der Waals surface area contributed by atoms with Crippen LogP contribution in [0.1, 0.15) is 26.3 Å². The fourth-order valence-electron chi connectivity index (χ4n) is 3.95. The molecule has 29 heavy (non-hydrogen) atoms. The van der Waals surface area contributed by atoms with Crippen LogP contribution >= 0.6 is 0 Å². The molecule has 2 N–H and O–H groups in total. The molecule has 0 unspecified atom stereocenters. The van der Waals surface area contributed by atoms with E-state index in [1.807, 2.05) is 36.4 Å². The molecule has 0 aliphatic carbocycles. The van der Waals surface area contributed by atoms with Crippen LogP contribution in [0, 0.1) is 0 Å². The Labute approximate surface area is 174 Å². The predicted molar refractivity (Wildman–Crippen MR) is 117 cm³/mol. The molecule has 3 rings (SSSR count). The minimum Gasteiger partial charge on any atom is -0.495 e. The minimum absolute atomic E-state index is 0.0155. The van der Waals surface area contributed by atoms with Crippen molar-refractivity contribution in [3.05, 3.63) is 54.1 Å². The molecular formula is C24H35N2O3+. The van der Waals surface area contributed by atoms with Gasteiger partial charge in [-0.15, -0.1) is 0 Å².